The quantitative estimate of drug-likeness (QED) is 0.351. The minimum Gasteiger partial charge on any atom is -0.496 e. The molecule has 0 aliphatic carbocycles. The number of ether oxygens (including phenoxy) is 2. The van der Waals surface area contributed by atoms with Crippen molar-refractivity contribution in [3.05, 3.63) is 77.9 Å². The highest BCUT2D eigenvalue weighted by Crippen LogP contribution is 2.45. The zero-order valence-electron chi connectivity index (χ0n) is 20.3. The van der Waals surface area contributed by atoms with Crippen LogP contribution < -0.4 is 14.4 Å². The Hall–Kier alpha value is -3.27. The van der Waals surface area contributed by atoms with Crippen LogP contribution in [-0.2, 0) is 0 Å². The second-order valence-corrected chi connectivity index (χ2v) is 9.39. The lowest BCUT2D eigenvalue weighted by molar-refractivity contribution is 0.372. The molecule has 172 valence electrons. The number of hydrogen-bond acceptors (Lipinski definition) is 4. The van der Waals surface area contributed by atoms with Crippen LogP contribution in [0.25, 0.3) is 0 Å². The van der Waals surface area contributed by atoms with Crippen LogP contribution in [0.2, 0.25) is 0 Å². The Balaban J connectivity index is 1.59. The van der Waals surface area contributed by atoms with Gasteiger partial charge in [0.25, 0.3) is 0 Å². The first-order valence-electron chi connectivity index (χ1n) is 11.8. The van der Waals surface area contributed by atoms with E-state index in [0.717, 1.165) is 47.9 Å². The molecule has 0 saturated carbocycles. The number of fused-ring (bicyclic) bond motifs is 1. The summed E-state index contributed by atoms with van der Waals surface area (Å²) in [4.78, 5) is 7.26. The van der Waals surface area contributed by atoms with Gasteiger partial charge in [0, 0.05) is 35.6 Å². The van der Waals surface area contributed by atoms with Crippen LogP contribution in [0.5, 0.6) is 17.2 Å². The van der Waals surface area contributed by atoms with Crippen LogP contribution in [0.4, 0.5) is 11.4 Å². The molecule has 1 aliphatic heterocycles. The molecular formula is C29H34N2O2. The van der Waals surface area contributed by atoms with E-state index in [-0.39, 0.29) is 5.54 Å². The van der Waals surface area contributed by atoms with Crippen molar-refractivity contribution in [2.75, 3.05) is 18.6 Å². The van der Waals surface area contributed by atoms with Crippen LogP contribution in [0.3, 0.4) is 0 Å². The highest BCUT2D eigenvalue weighted by Gasteiger charge is 2.36. The van der Waals surface area contributed by atoms with Gasteiger partial charge in [-0.1, -0.05) is 32.0 Å². The molecule has 0 amide bonds. The molecule has 4 nitrogen and oxygen atoms in total. The summed E-state index contributed by atoms with van der Waals surface area (Å²) < 4.78 is 11.7. The van der Waals surface area contributed by atoms with E-state index in [1.165, 1.54) is 11.3 Å². The Kier molecular flexibility index (Phi) is 6.73. The smallest absolute Gasteiger partial charge is 0.129 e. The highest BCUT2D eigenvalue weighted by atomic mass is 16.5. The van der Waals surface area contributed by atoms with E-state index in [4.69, 9.17) is 14.5 Å². The SMILES string of the molecule is CCCN1c2cc(OC)c(C=Nc3ccc(Oc4ccccc4)cc3)cc2C(C)CC1(C)C. The number of para-hydroxylation sites is 1. The highest BCUT2D eigenvalue weighted by molar-refractivity contribution is 5.88. The standard InChI is InChI=1S/C29H34N2O2/c1-6-16-31-27-18-28(32-5)22(17-26(27)21(2)19-29(31,3)4)20-30-23-12-14-25(15-13-23)33-24-10-8-7-9-11-24/h7-15,17-18,20-21H,6,16,19H2,1-5H3. The van der Waals surface area contributed by atoms with Crippen molar-refractivity contribution in [3.8, 4) is 17.2 Å². The van der Waals surface area contributed by atoms with Gasteiger partial charge in [-0.3, -0.25) is 4.99 Å². The maximum Gasteiger partial charge on any atom is 0.129 e. The van der Waals surface area contributed by atoms with Crippen molar-refractivity contribution < 1.29 is 9.47 Å². The van der Waals surface area contributed by atoms with E-state index in [2.05, 4.69) is 44.7 Å². The van der Waals surface area contributed by atoms with Crippen molar-refractivity contribution in [2.24, 2.45) is 4.99 Å². The van der Waals surface area contributed by atoms with Crippen LogP contribution in [-0.4, -0.2) is 25.4 Å². The molecule has 4 rings (SSSR count). The Bertz CT molecular complexity index is 1100. The maximum absolute atomic E-state index is 5.88. The van der Waals surface area contributed by atoms with Crippen LogP contribution >= 0.6 is 0 Å². The summed E-state index contributed by atoms with van der Waals surface area (Å²) in [5.74, 6) is 2.95. The average molecular weight is 443 g/mol. The molecule has 1 heterocycles. The number of anilines is 1. The lowest BCUT2D eigenvalue weighted by Gasteiger charge is -2.47. The normalized spacial score (nSPS) is 17.1. The second kappa shape index (κ2) is 9.70. The van der Waals surface area contributed by atoms with Crippen LogP contribution in [0.1, 0.15) is 57.6 Å². The topological polar surface area (TPSA) is 34.1 Å². The average Bonchev–Trinajstić information content (AvgIpc) is 2.81. The van der Waals surface area contributed by atoms with Crippen molar-refractivity contribution in [3.63, 3.8) is 0 Å². The molecule has 0 saturated heterocycles. The van der Waals surface area contributed by atoms with E-state index in [0.29, 0.717) is 5.92 Å². The number of aliphatic imine (C=N–C) groups is 1. The summed E-state index contributed by atoms with van der Waals surface area (Å²) in [5.41, 5.74) is 4.67. The van der Waals surface area contributed by atoms with Crippen molar-refractivity contribution in [1.29, 1.82) is 0 Å². The molecule has 0 aromatic heterocycles. The van der Waals surface area contributed by atoms with Gasteiger partial charge in [0.1, 0.15) is 17.2 Å². The summed E-state index contributed by atoms with van der Waals surface area (Å²) in [6.07, 6.45) is 4.15. The second-order valence-electron chi connectivity index (χ2n) is 9.39. The first-order chi connectivity index (χ1) is 15.9. The molecule has 3 aromatic carbocycles. The predicted molar refractivity (Wildman–Crippen MR) is 138 cm³/mol. The summed E-state index contributed by atoms with van der Waals surface area (Å²) in [7, 11) is 1.73. The van der Waals surface area contributed by atoms with Crippen molar-refractivity contribution in [2.45, 2.75) is 52.0 Å². The summed E-state index contributed by atoms with van der Waals surface area (Å²) in [6, 6.07) is 22.0. The fraction of sp³-hybridized carbons (Fsp3) is 0.345. The molecule has 1 unspecified atom stereocenters. The largest absolute Gasteiger partial charge is 0.496 e. The fourth-order valence-corrected chi connectivity index (χ4v) is 4.82. The van der Waals surface area contributed by atoms with Gasteiger partial charge in [-0.05, 0) is 80.6 Å². The van der Waals surface area contributed by atoms with E-state index < -0.39 is 0 Å². The van der Waals surface area contributed by atoms with Crippen molar-refractivity contribution in [1.82, 2.24) is 0 Å². The Morgan fingerprint density at radius 1 is 1.03 bits per heavy atom. The van der Waals surface area contributed by atoms with Gasteiger partial charge in [-0.25, -0.2) is 0 Å². The van der Waals surface area contributed by atoms with Gasteiger partial charge in [-0.2, -0.15) is 0 Å². The number of methoxy groups -OCH3 is 1. The summed E-state index contributed by atoms with van der Waals surface area (Å²) >= 11 is 0. The Morgan fingerprint density at radius 3 is 2.39 bits per heavy atom. The Labute approximate surface area is 197 Å². The molecule has 0 fully saturated rings. The first kappa shape index (κ1) is 22.9. The summed E-state index contributed by atoms with van der Waals surface area (Å²) in [5, 5.41) is 0. The third kappa shape index (κ3) is 5.05. The van der Waals surface area contributed by atoms with Crippen molar-refractivity contribution >= 4 is 17.6 Å². The molecule has 0 spiro atoms. The minimum atomic E-state index is 0.132. The van der Waals surface area contributed by atoms with Gasteiger partial charge >= 0.3 is 0 Å². The molecule has 1 aliphatic rings. The van der Waals surface area contributed by atoms with Gasteiger partial charge < -0.3 is 14.4 Å². The van der Waals surface area contributed by atoms with Gasteiger partial charge in [0.2, 0.25) is 0 Å². The molecule has 0 radical (unpaired) electrons. The van der Waals surface area contributed by atoms with Gasteiger partial charge in [0.15, 0.2) is 0 Å². The van der Waals surface area contributed by atoms with Gasteiger partial charge in [-0.15, -0.1) is 0 Å². The van der Waals surface area contributed by atoms with E-state index in [1.54, 1.807) is 7.11 Å². The van der Waals surface area contributed by atoms with E-state index >= 15 is 0 Å². The molecule has 0 N–H and O–H groups in total. The zero-order valence-corrected chi connectivity index (χ0v) is 20.3. The first-order valence-corrected chi connectivity index (χ1v) is 11.8. The fourth-order valence-electron chi connectivity index (χ4n) is 4.82. The molecule has 4 heteroatoms. The molecule has 3 aromatic rings. The Morgan fingerprint density at radius 2 is 1.73 bits per heavy atom. The lowest BCUT2D eigenvalue weighted by Crippen LogP contribution is -2.48. The number of hydrogen-bond donors (Lipinski definition) is 0. The maximum atomic E-state index is 5.88. The monoisotopic (exact) mass is 442 g/mol. The van der Waals surface area contributed by atoms with Crippen LogP contribution in [0.15, 0.2) is 71.7 Å². The predicted octanol–water partition coefficient (Wildman–Crippen LogP) is 7.74. The summed E-state index contributed by atoms with van der Waals surface area (Å²) in [6.45, 7) is 10.3. The van der Waals surface area contributed by atoms with E-state index in [1.807, 2.05) is 60.8 Å². The number of benzene rings is 3. The third-order valence-corrected chi connectivity index (χ3v) is 6.35. The molecule has 1 atom stereocenters. The minimum absolute atomic E-state index is 0.132. The molecule has 33 heavy (non-hydrogen) atoms. The number of rotatable bonds is 7. The third-order valence-electron chi connectivity index (χ3n) is 6.35. The lowest BCUT2D eigenvalue weighted by atomic mass is 9.79. The molecular weight excluding hydrogens is 408 g/mol. The molecule has 0 bridgehead atoms. The van der Waals surface area contributed by atoms with Crippen LogP contribution in [0, 0.1) is 0 Å². The number of nitrogens with zero attached hydrogens (tertiary/aromatic N) is 2. The zero-order chi connectivity index (χ0) is 23.4. The van der Waals surface area contributed by atoms with Gasteiger partial charge in [0.05, 0.1) is 12.8 Å². The van der Waals surface area contributed by atoms with E-state index in [9.17, 15) is 0 Å².